The van der Waals surface area contributed by atoms with Gasteiger partial charge in [0.1, 0.15) is 12.4 Å². The first kappa shape index (κ1) is 13.7. The van der Waals surface area contributed by atoms with Crippen molar-refractivity contribution in [3.63, 3.8) is 0 Å². The molecule has 0 bridgehead atoms. The summed E-state index contributed by atoms with van der Waals surface area (Å²) in [4.78, 5) is 0. The van der Waals surface area contributed by atoms with E-state index < -0.39 is 7.12 Å². The molecule has 0 saturated heterocycles. The average molecular weight is 256 g/mol. The maximum Gasteiger partial charge on any atom is 0.488 e. The molecule has 19 heavy (non-hydrogen) atoms. The van der Waals surface area contributed by atoms with Crippen molar-refractivity contribution in [2.24, 2.45) is 0 Å². The smallest absolute Gasteiger partial charge is 0.488 e. The predicted octanol–water partition coefficient (Wildman–Crippen LogP) is 1.51. The molecular formula is C15H17BO3. The molecule has 0 aliphatic rings. The molecule has 98 valence electrons. The van der Waals surface area contributed by atoms with Gasteiger partial charge in [-0.2, -0.15) is 0 Å². The molecule has 0 saturated carbocycles. The van der Waals surface area contributed by atoms with Gasteiger partial charge in [-0.15, -0.1) is 0 Å². The van der Waals surface area contributed by atoms with E-state index in [4.69, 9.17) is 4.74 Å². The zero-order valence-corrected chi connectivity index (χ0v) is 10.9. The number of hydrogen-bond acceptors (Lipinski definition) is 3. The second-order valence-electron chi connectivity index (χ2n) is 4.36. The highest BCUT2D eigenvalue weighted by molar-refractivity contribution is 6.59. The molecule has 4 heteroatoms. The second-order valence-corrected chi connectivity index (χ2v) is 4.36. The molecule has 0 aliphatic heterocycles. The minimum atomic E-state index is -1.43. The highest BCUT2D eigenvalue weighted by Crippen LogP contribution is 2.14. The standard InChI is InChI=1S/C15H17BO3/c1-2-13-10-14(8-9-15(13)16(17)18)19-11-12-6-4-3-5-7-12/h3-10,17-18H,2,11H2,1H3. The number of rotatable bonds is 5. The Bertz CT molecular complexity index is 526. The molecule has 0 heterocycles. The Morgan fingerprint density at radius 3 is 2.42 bits per heavy atom. The molecule has 2 aromatic rings. The molecule has 0 aromatic heterocycles. The topological polar surface area (TPSA) is 49.7 Å². The van der Waals surface area contributed by atoms with Gasteiger partial charge < -0.3 is 14.8 Å². The summed E-state index contributed by atoms with van der Waals surface area (Å²) < 4.78 is 5.71. The Morgan fingerprint density at radius 1 is 1.05 bits per heavy atom. The van der Waals surface area contributed by atoms with Crippen LogP contribution in [0.5, 0.6) is 5.75 Å². The van der Waals surface area contributed by atoms with E-state index in [-0.39, 0.29) is 0 Å². The van der Waals surface area contributed by atoms with Crippen LogP contribution in [-0.2, 0) is 13.0 Å². The van der Waals surface area contributed by atoms with Gasteiger partial charge in [0.25, 0.3) is 0 Å². The van der Waals surface area contributed by atoms with E-state index in [1.165, 1.54) is 0 Å². The van der Waals surface area contributed by atoms with Crippen molar-refractivity contribution >= 4 is 12.6 Å². The van der Waals surface area contributed by atoms with E-state index in [1.54, 1.807) is 12.1 Å². The molecule has 3 nitrogen and oxygen atoms in total. The van der Waals surface area contributed by atoms with Gasteiger partial charge in [-0.25, -0.2) is 0 Å². The molecule has 0 radical (unpaired) electrons. The monoisotopic (exact) mass is 256 g/mol. The van der Waals surface area contributed by atoms with Gasteiger partial charge in [0.2, 0.25) is 0 Å². The maximum atomic E-state index is 9.25. The number of ether oxygens (including phenoxy) is 1. The van der Waals surface area contributed by atoms with Crippen LogP contribution in [-0.4, -0.2) is 17.2 Å². The summed E-state index contributed by atoms with van der Waals surface area (Å²) in [6, 6.07) is 15.2. The Balaban J connectivity index is 2.09. The first-order valence-corrected chi connectivity index (χ1v) is 6.36. The molecular weight excluding hydrogens is 239 g/mol. The first-order chi connectivity index (χ1) is 9.20. The predicted molar refractivity (Wildman–Crippen MR) is 76.4 cm³/mol. The summed E-state index contributed by atoms with van der Waals surface area (Å²) >= 11 is 0. The van der Waals surface area contributed by atoms with Crippen molar-refractivity contribution in [1.29, 1.82) is 0 Å². The van der Waals surface area contributed by atoms with E-state index in [0.29, 0.717) is 12.1 Å². The summed E-state index contributed by atoms with van der Waals surface area (Å²) in [5, 5.41) is 18.5. The molecule has 0 fully saturated rings. The Hall–Kier alpha value is -1.78. The van der Waals surface area contributed by atoms with E-state index in [2.05, 4.69) is 0 Å². The SMILES string of the molecule is CCc1cc(OCc2ccccc2)ccc1B(O)O. The van der Waals surface area contributed by atoms with Gasteiger partial charge in [-0.3, -0.25) is 0 Å². The summed E-state index contributed by atoms with van der Waals surface area (Å²) in [7, 11) is -1.43. The Labute approximate surface area is 113 Å². The van der Waals surface area contributed by atoms with Crippen LogP contribution in [0.1, 0.15) is 18.1 Å². The van der Waals surface area contributed by atoms with Gasteiger partial charge in [-0.05, 0) is 35.1 Å². The molecule has 2 rings (SSSR count). The quantitative estimate of drug-likeness (QED) is 0.797. The third-order valence-corrected chi connectivity index (χ3v) is 3.02. The van der Waals surface area contributed by atoms with Crippen LogP contribution in [0.4, 0.5) is 0 Å². The van der Waals surface area contributed by atoms with Crippen LogP contribution in [0.3, 0.4) is 0 Å². The lowest BCUT2D eigenvalue weighted by atomic mass is 9.76. The molecule has 0 atom stereocenters. The summed E-state index contributed by atoms with van der Waals surface area (Å²) in [5.74, 6) is 0.741. The first-order valence-electron chi connectivity index (χ1n) is 6.36. The number of aryl methyl sites for hydroxylation is 1. The van der Waals surface area contributed by atoms with Gasteiger partial charge in [-0.1, -0.05) is 43.3 Å². The molecule has 0 aliphatic carbocycles. The molecule has 0 amide bonds. The largest absolute Gasteiger partial charge is 0.489 e. The molecule has 2 N–H and O–H groups in total. The van der Waals surface area contributed by atoms with Crippen LogP contribution in [0, 0.1) is 0 Å². The van der Waals surface area contributed by atoms with Crippen molar-refractivity contribution in [1.82, 2.24) is 0 Å². The van der Waals surface area contributed by atoms with Crippen molar-refractivity contribution in [3.05, 3.63) is 59.7 Å². The van der Waals surface area contributed by atoms with E-state index in [9.17, 15) is 10.0 Å². The molecule has 0 spiro atoms. The number of hydrogen-bond donors (Lipinski definition) is 2. The van der Waals surface area contributed by atoms with E-state index in [0.717, 1.165) is 23.3 Å². The zero-order chi connectivity index (χ0) is 13.7. The van der Waals surface area contributed by atoms with Crippen LogP contribution in [0.15, 0.2) is 48.5 Å². The van der Waals surface area contributed by atoms with Crippen molar-refractivity contribution in [3.8, 4) is 5.75 Å². The second kappa shape index (κ2) is 6.41. The van der Waals surface area contributed by atoms with Gasteiger partial charge in [0.15, 0.2) is 0 Å². The van der Waals surface area contributed by atoms with Crippen LogP contribution in [0.2, 0.25) is 0 Å². The molecule has 2 aromatic carbocycles. The van der Waals surface area contributed by atoms with Crippen molar-refractivity contribution < 1.29 is 14.8 Å². The van der Waals surface area contributed by atoms with Gasteiger partial charge in [0, 0.05) is 0 Å². The maximum absolute atomic E-state index is 9.25. The zero-order valence-electron chi connectivity index (χ0n) is 10.9. The van der Waals surface area contributed by atoms with Crippen molar-refractivity contribution in [2.75, 3.05) is 0 Å². The Kier molecular flexibility index (Phi) is 4.60. The fourth-order valence-corrected chi connectivity index (χ4v) is 1.97. The van der Waals surface area contributed by atoms with Gasteiger partial charge in [0.05, 0.1) is 0 Å². The van der Waals surface area contributed by atoms with Crippen LogP contribution in [0.25, 0.3) is 0 Å². The summed E-state index contributed by atoms with van der Waals surface area (Å²) in [6.07, 6.45) is 0.732. The lowest BCUT2D eigenvalue weighted by Crippen LogP contribution is -2.32. The average Bonchev–Trinajstić information content (AvgIpc) is 2.45. The summed E-state index contributed by atoms with van der Waals surface area (Å²) in [6.45, 7) is 2.48. The lowest BCUT2D eigenvalue weighted by molar-refractivity contribution is 0.306. The fraction of sp³-hybridized carbons (Fsp3) is 0.200. The summed E-state index contributed by atoms with van der Waals surface area (Å²) in [5.41, 5.74) is 2.53. The third-order valence-electron chi connectivity index (χ3n) is 3.02. The van der Waals surface area contributed by atoms with E-state index in [1.807, 2.05) is 43.3 Å². The lowest BCUT2D eigenvalue weighted by Gasteiger charge is -2.11. The highest BCUT2D eigenvalue weighted by Gasteiger charge is 2.15. The minimum absolute atomic E-state index is 0.505. The Morgan fingerprint density at radius 2 is 1.79 bits per heavy atom. The van der Waals surface area contributed by atoms with E-state index >= 15 is 0 Å². The van der Waals surface area contributed by atoms with Crippen LogP contribution < -0.4 is 10.2 Å². The van der Waals surface area contributed by atoms with Gasteiger partial charge >= 0.3 is 7.12 Å². The molecule has 0 unspecified atom stereocenters. The fourth-order valence-electron chi connectivity index (χ4n) is 1.97. The number of benzene rings is 2. The van der Waals surface area contributed by atoms with Crippen molar-refractivity contribution in [2.45, 2.75) is 20.0 Å². The highest BCUT2D eigenvalue weighted by atomic mass is 16.5. The van der Waals surface area contributed by atoms with Crippen LogP contribution >= 0.6 is 0 Å². The third kappa shape index (κ3) is 3.59. The minimum Gasteiger partial charge on any atom is -0.489 e. The normalized spacial score (nSPS) is 10.3.